The fraction of sp³-hybridized carbons (Fsp3) is 0.571. The molecule has 1 aromatic rings. The summed E-state index contributed by atoms with van der Waals surface area (Å²) < 4.78 is 4.96. The molecule has 1 aliphatic carbocycles. The van der Waals surface area contributed by atoms with E-state index in [0.717, 1.165) is 43.4 Å². The van der Waals surface area contributed by atoms with Gasteiger partial charge in [0.15, 0.2) is 0 Å². The van der Waals surface area contributed by atoms with Gasteiger partial charge in [0.1, 0.15) is 0 Å². The van der Waals surface area contributed by atoms with Crippen LogP contribution in [-0.4, -0.2) is 24.7 Å². The largest absolute Gasteiger partial charge is 0.469 e. The summed E-state index contributed by atoms with van der Waals surface area (Å²) in [4.78, 5) is 24.2. The highest BCUT2D eigenvalue weighted by Crippen LogP contribution is 2.34. The van der Waals surface area contributed by atoms with E-state index in [1.807, 2.05) is 30.3 Å². The second kappa shape index (κ2) is 10.7. The molecule has 0 aliphatic heterocycles. The van der Waals surface area contributed by atoms with E-state index in [1.54, 1.807) is 0 Å². The molecule has 26 heavy (non-hydrogen) atoms. The zero-order valence-electron chi connectivity index (χ0n) is 15.9. The number of hydrogen-bond donors (Lipinski definition) is 1. The van der Waals surface area contributed by atoms with Crippen LogP contribution in [-0.2, 0) is 20.7 Å². The molecule has 2 unspecified atom stereocenters. The van der Waals surface area contributed by atoms with Crippen LogP contribution in [0.1, 0.15) is 57.4 Å². The van der Waals surface area contributed by atoms with Crippen LogP contribution in [0.2, 0.25) is 0 Å². The summed E-state index contributed by atoms with van der Waals surface area (Å²) in [7, 11) is 1.44. The maximum Gasteiger partial charge on any atom is 0.309 e. The van der Waals surface area contributed by atoms with Gasteiger partial charge < -0.3 is 4.74 Å². The van der Waals surface area contributed by atoms with Crippen molar-refractivity contribution in [2.24, 2.45) is 16.9 Å². The van der Waals surface area contributed by atoms with Crippen LogP contribution >= 0.6 is 0 Å². The Kier molecular flexibility index (Phi) is 8.32. The molecule has 5 heteroatoms. The van der Waals surface area contributed by atoms with E-state index in [2.05, 4.69) is 17.5 Å². The topological polar surface area (TPSA) is 67.8 Å². The number of carbonyl (C=O) groups is 2. The van der Waals surface area contributed by atoms with Crippen LogP contribution in [0.5, 0.6) is 0 Å². The molecule has 1 aromatic carbocycles. The van der Waals surface area contributed by atoms with Crippen molar-refractivity contribution in [2.45, 2.75) is 58.3 Å². The highest BCUT2D eigenvalue weighted by molar-refractivity contribution is 5.94. The first-order valence-corrected chi connectivity index (χ1v) is 9.62. The van der Waals surface area contributed by atoms with Crippen molar-refractivity contribution in [1.29, 1.82) is 0 Å². The molecule has 0 heterocycles. The van der Waals surface area contributed by atoms with Crippen molar-refractivity contribution in [3.8, 4) is 0 Å². The van der Waals surface area contributed by atoms with Gasteiger partial charge in [-0.15, -0.1) is 0 Å². The maximum absolute atomic E-state index is 12.1. The number of unbranched alkanes of at least 4 members (excludes halogenated alkanes) is 3. The van der Waals surface area contributed by atoms with Crippen molar-refractivity contribution < 1.29 is 14.3 Å². The van der Waals surface area contributed by atoms with E-state index in [0.29, 0.717) is 6.42 Å². The number of ether oxygens (including phenoxy) is 1. The number of benzene rings is 1. The maximum atomic E-state index is 12.1. The Labute approximate surface area is 156 Å². The van der Waals surface area contributed by atoms with Crippen LogP contribution in [0, 0.1) is 11.8 Å². The molecule has 0 saturated heterocycles. The molecule has 0 bridgehead atoms. The predicted octanol–water partition coefficient (Wildman–Crippen LogP) is 3.87. The Morgan fingerprint density at radius 1 is 1.19 bits per heavy atom. The number of hydrogen-bond acceptors (Lipinski definition) is 4. The van der Waals surface area contributed by atoms with Gasteiger partial charge in [0.25, 0.3) is 0 Å². The zero-order chi connectivity index (χ0) is 18.8. The lowest BCUT2D eigenvalue weighted by molar-refractivity contribution is -0.146. The average Bonchev–Trinajstić information content (AvgIpc) is 3.06. The van der Waals surface area contributed by atoms with Crippen molar-refractivity contribution in [2.75, 3.05) is 7.11 Å². The van der Waals surface area contributed by atoms with E-state index < -0.39 is 0 Å². The second-order valence-electron chi connectivity index (χ2n) is 6.92. The van der Waals surface area contributed by atoms with E-state index in [-0.39, 0.29) is 23.7 Å². The molecule has 0 radical (unpaired) electrons. The predicted molar refractivity (Wildman–Crippen MR) is 103 cm³/mol. The van der Waals surface area contributed by atoms with Gasteiger partial charge in [0.05, 0.1) is 19.4 Å². The van der Waals surface area contributed by atoms with Gasteiger partial charge in [-0.3, -0.25) is 9.59 Å². The quantitative estimate of drug-likeness (QED) is 0.414. The van der Waals surface area contributed by atoms with E-state index in [4.69, 9.17) is 4.74 Å². The number of rotatable bonds is 9. The summed E-state index contributed by atoms with van der Waals surface area (Å²) in [5.41, 5.74) is 4.57. The van der Waals surface area contributed by atoms with E-state index >= 15 is 0 Å². The van der Waals surface area contributed by atoms with Crippen LogP contribution in [0.15, 0.2) is 35.4 Å². The highest BCUT2D eigenvalue weighted by Gasteiger charge is 2.38. The minimum Gasteiger partial charge on any atom is -0.469 e. The minimum absolute atomic E-state index is 0.0799. The molecule has 1 amide bonds. The number of esters is 1. The lowest BCUT2D eigenvalue weighted by Crippen LogP contribution is -2.27. The fourth-order valence-corrected chi connectivity index (χ4v) is 3.61. The SMILES string of the molecule is CCCCCCC1/C(=N\NC(=O)Cc2ccccc2)CCC1C(=O)OC. The molecule has 5 nitrogen and oxygen atoms in total. The zero-order valence-corrected chi connectivity index (χ0v) is 15.9. The number of nitrogens with zero attached hydrogens (tertiary/aromatic N) is 1. The fourth-order valence-electron chi connectivity index (χ4n) is 3.61. The lowest BCUT2D eigenvalue weighted by atomic mass is 9.89. The van der Waals surface area contributed by atoms with E-state index in [9.17, 15) is 9.59 Å². The van der Waals surface area contributed by atoms with Crippen molar-refractivity contribution in [1.82, 2.24) is 5.43 Å². The molecule has 1 N–H and O–H groups in total. The Hall–Kier alpha value is -2.17. The first-order chi connectivity index (χ1) is 12.7. The minimum atomic E-state index is -0.161. The summed E-state index contributed by atoms with van der Waals surface area (Å²) in [6.45, 7) is 2.18. The molecule has 1 fully saturated rings. The van der Waals surface area contributed by atoms with Crippen molar-refractivity contribution >= 4 is 17.6 Å². The van der Waals surface area contributed by atoms with E-state index in [1.165, 1.54) is 20.0 Å². The third-order valence-electron chi connectivity index (χ3n) is 5.03. The summed E-state index contributed by atoms with van der Waals surface area (Å²) >= 11 is 0. The Bertz CT molecular complexity index is 613. The number of hydrazone groups is 1. The molecule has 0 spiro atoms. The van der Waals surface area contributed by atoms with Crippen molar-refractivity contribution in [3.05, 3.63) is 35.9 Å². The molecule has 2 rings (SSSR count). The standard InChI is InChI=1S/C21H30N2O3/c1-3-4-5-9-12-17-18(21(25)26-2)13-14-19(17)22-23-20(24)15-16-10-7-6-8-11-16/h6-8,10-11,17-18H,3-5,9,12-15H2,1-2H3,(H,23,24)/b22-19-. The summed E-state index contributed by atoms with van der Waals surface area (Å²) in [6, 6.07) is 9.60. The Morgan fingerprint density at radius 2 is 1.96 bits per heavy atom. The number of nitrogens with one attached hydrogen (secondary N) is 1. The van der Waals surface area contributed by atoms with Crippen LogP contribution in [0.3, 0.4) is 0 Å². The van der Waals surface area contributed by atoms with Gasteiger partial charge in [-0.1, -0.05) is 62.9 Å². The Balaban J connectivity index is 1.96. The molecular weight excluding hydrogens is 328 g/mol. The average molecular weight is 358 g/mol. The molecule has 0 aromatic heterocycles. The van der Waals surface area contributed by atoms with Gasteiger partial charge in [0, 0.05) is 11.6 Å². The first-order valence-electron chi connectivity index (χ1n) is 9.62. The molecule has 1 saturated carbocycles. The summed E-state index contributed by atoms with van der Waals surface area (Å²) in [5.74, 6) is -0.344. The smallest absolute Gasteiger partial charge is 0.309 e. The van der Waals surface area contributed by atoms with Gasteiger partial charge in [-0.2, -0.15) is 5.10 Å². The van der Waals surface area contributed by atoms with Crippen LogP contribution in [0.4, 0.5) is 0 Å². The lowest BCUT2D eigenvalue weighted by Gasteiger charge is -2.18. The highest BCUT2D eigenvalue weighted by atomic mass is 16.5. The Morgan fingerprint density at radius 3 is 2.65 bits per heavy atom. The third-order valence-corrected chi connectivity index (χ3v) is 5.03. The normalized spacial score (nSPS) is 20.9. The second-order valence-corrected chi connectivity index (χ2v) is 6.92. The third kappa shape index (κ3) is 5.97. The summed E-state index contributed by atoms with van der Waals surface area (Å²) in [6.07, 6.45) is 7.34. The number of methoxy groups -OCH3 is 1. The molecular formula is C21H30N2O3. The monoisotopic (exact) mass is 358 g/mol. The molecule has 2 atom stereocenters. The first kappa shape index (κ1) is 20.1. The molecule has 1 aliphatic rings. The van der Waals surface area contributed by atoms with Crippen molar-refractivity contribution in [3.63, 3.8) is 0 Å². The van der Waals surface area contributed by atoms with Crippen LogP contribution < -0.4 is 5.43 Å². The number of carbonyl (C=O) groups excluding carboxylic acids is 2. The van der Waals surface area contributed by atoms with Gasteiger partial charge in [0.2, 0.25) is 5.91 Å². The summed E-state index contributed by atoms with van der Waals surface area (Å²) in [5, 5.41) is 4.38. The van der Waals surface area contributed by atoms with Gasteiger partial charge in [-0.05, 0) is 24.8 Å². The number of amides is 1. The molecule has 142 valence electrons. The van der Waals surface area contributed by atoms with Gasteiger partial charge in [-0.25, -0.2) is 5.43 Å². The van der Waals surface area contributed by atoms with Crippen LogP contribution in [0.25, 0.3) is 0 Å². The van der Waals surface area contributed by atoms with Gasteiger partial charge >= 0.3 is 5.97 Å².